The van der Waals surface area contributed by atoms with E-state index in [0.717, 1.165) is 29.2 Å². The average molecular weight is 481 g/mol. The molecule has 0 bridgehead atoms. The van der Waals surface area contributed by atoms with Crippen LogP contribution in [0, 0.1) is 27.2 Å². The molecule has 0 aliphatic heterocycles. The summed E-state index contributed by atoms with van der Waals surface area (Å²) < 4.78 is 7.79. The van der Waals surface area contributed by atoms with Gasteiger partial charge in [-0.25, -0.2) is 0 Å². The number of nitro benzene ring substituents is 2. The minimum Gasteiger partial charge on any atom is -1.00 e. The molecule has 0 saturated carbocycles. The van der Waals surface area contributed by atoms with Crippen LogP contribution in [0.2, 0.25) is 0 Å². The summed E-state index contributed by atoms with van der Waals surface area (Å²) in [7, 11) is 0. The van der Waals surface area contributed by atoms with Crippen molar-refractivity contribution in [2.75, 3.05) is 0 Å². The van der Waals surface area contributed by atoms with Crippen LogP contribution < -0.4 is 33.3 Å². The van der Waals surface area contributed by atoms with Crippen LogP contribution in [-0.2, 0) is 6.54 Å². The fourth-order valence-corrected chi connectivity index (χ4v) is 2.86. The zero-order chi connectivity index (χ0) is 18.8. The molecule has 0 fully saturated rings. The predicted molar refractivity (Wildman–Crippen MR) is 94.4 cm³/mol. The molecule has 3 aromatic rings. The van der Waals surface area contributed by atoms with E-state index in [-0.39, 0.29) is 35.4 Å². The van der Waals surface area contributed by atoms with Gasteiger partial charge in [0.25, 0.3) is 5.69 Å². The van der Waals surface area contributed by atoms with Crippen molar-refractivity contribution in [3.63, 3.8) is 0 Å². The van der Waals surface area contributed by atoms with Crippen LogP contribution in [0.25, 0.3) is 10.9 Å². The van der Waals surface area contributed by atoms with Gasteiger partial charge in [0.1, 0.15) is 12.3 Å². The summed E-state index contributed by atoms with van der Waals surface area (Å²) in [5.41, 5.74) is 1.34. The van der Waals surface area contributed by atoms with Crippen LogP contribution in [0.4, 0.5) is 11.4 Å². The number of fused-ring (bicyclic) bond motifs is 1. The Balaban J connectivity index is 0.00000261. The lowest BCUT2D eigenvalue weighted by atomic mass is 10.1. The Hall–Kier alpha value is -2.82. The van der Waals surface area contributed by atoms with Crippen LogP contribution in [0.1, 0.15) is 12.6 Å². The zero-order valence-corrected chi connectivity index (χ0v) is 16.7. The number of ether oxygens (including phenoxy) is 1. The largest absolute Gasteiger partial charge is 1.00 e. The maximum Gasteiger partial charge on any atom is 0.318 e. The first-order valence-corrected chi connectivity index (χ1v) is 7.94. The molecule has 0 aliphatic rings. The number of halogens is 1. The lowest BCUT2D eigenvalue weighted by Crippen LogP contribution is -3.00. The Morgan fingerprint density at radius 3 is 2.37 bits per heavy atom. The number of nitro groups is 2. The minimum absolute atomic E-state index is 0. The molecule has 0 unspecified atom stereocenters. The first-order chi connectivity index (χ1) is 12.4. The summed E-state index contributed by atoms with van der Waals surface area (Å²) in [6.45, 7) is 4.89. The third-order valence-corrected chi connectivity index (χ3v) is 4.11. The van der Waals surface area contributed by atoms with Gasteiger partial charge in [0.05, 0.1) is 21.3 Å². The van der Waals surface area contributed by atoms with E-state index in [4.69, 9.17) is 4.74 Å². The third kappa shape index (κ3) is 4.13. The summed E-state index contributed by atoms with van der Waals surface area (Å²) in [6, 6.07) is 12.6. The summed E-state index contributed by atoms with van der Waals surface area (Å²) in [4.78, 5) is 20.7. The highest BCUT2D eigenvalue weighted by Crippen LogP contribution is 2.35. The molecule has 8 nitrogen and oxygen atoms in total. The van der Waals surface area contributed by atoms with Crippen LogP contribution in [-0.4, -0.2) is 9.85 Å². The lowest BCUT2D eigenvalue weighted by molar-refractivity contribution is -0.673. The van der Waals surface area contributed by atoms with Gasteiger partial charge in [-0.15, -0.1) is 0 Å². The summed E-state index contributed by atoms with van der Waals surface area (Å²) in [6.07, 6.45) is 0. The smallest absolute Gasteiger partial charge is 0.318 e. The average Bonchev–Trinajstić information content (AvgIpc) is 2.61. The molecule has 0 saturated heterocycles. The standard InChI is InChI=1S/C18H16N3O5.HI/c1-3-19-12(2)4-5-13-10-15(7-8-16(13)19)26-18-9-6-14(20(22)23)11-17(18)21(24)25;/h4-11H,3H2,1-2H3;1H/q+1;/p-1. The summed E-state index contributed by atoms with van der Waals surface area (Å²) >= 11 is 0. The molecule has 9 heteroatoms. The Kier molecular flexibility index (Phi) is 6.26. The molecule has 0 atom stereocenters. The number of aromatic nitrogens is 1. The Morgan fingerprint density at radius 1 is 1.00 bits per heavy atom. The van der Waals surface area contributed by atoms with Crippen molar-refractivity contribution in [3.05, 3.63) is 74.5 Å². The molecule has 0 spiro atoms. The predicted octanol–water partition coefficient (Wildman–Crippen LogP) is 1.07. The minimum atomic E-state index is -0.697. The number of pyridine rings is 1. The molecule has 1 heterocycles. The van der Waals surface area contributed by atoms with Crippen molar-refractivity contribution < 1.29 is 43.1 Å². The van der Waals surface area contributed by atoms with Crippen molar-refractivity contribution >= 4 is 22.3 Å². The second-order valence-electron chi connectivity index (χ2n) is 5.71. The Bertz CT molecular complexity index is 1040. The van der Waals surface area contributed by atoms with E-state index in [0.29, 0.717) is 5.75 Å². The van der Waals surface area contributed by atoms with E-state index < -0.39 is 15.5 Å². The Morgan fingerprint density at radius 2 is 1.74 bits per heavy atom. The number of aryl methyl sites for hydroxylation is 2. The second kappa shape index (κ2) is 8.25. The summed E-state index contributed by atoms with van der Waals surface area (Å²) in [5.74, 6) is 0.372. The highest BCUT2D eigenvalue weighted by atomic mass is 127. The van der Waals surface area contributed by atoms with Gasteiger partial charge in [0.15, 0.2) is 5.69 Å². The summed E-state index contributed by atoms with van der Waals surface area (Å²) in [5, 5.41) is 23.0. The van der Waals surface area contributed by atoms with Crippen molar-refractivity contribution in [1.29, 1.82) is 0 Å². The molecule has 140 valence electrons. The molecule has 0 aliphatic carbocycles. The number of hydrogen-bond donors (Lipinski definition) is 0. The maximum absolute atomic E-state index is 11.2. The van der Waals surface area contributed by atoms with Crippen LogP contribution in [0.5, 0.6) is 11.5 Å². The van der Waals surface area contributed by atoms with Crippen LogP contribution in [0.15, 0.2) is 48.5 Å². The van der Waals surface area contributed by atoms with E-state index in [1.54, 1.807) is 12.1 Å². The Labute approximate surface area is 171 Å². The first-order valence-electron chi connectivity index (χ1n) is 7.94. The van der Waals surface area contributed by atoms with E-state index in [1.807, 2.05) is 25.1 Å². The molecule has 0 radical (unpaired) electrons. The number of non-ortho nitro benzene ring substituents is 1. The third-order valence-electron chi connectivity index (χ3n) is 4.11. The first kappa shape index (κ1) is 20.5. The van der Waals surface area contributed by atoms with Gasteiger partial charge < -0.3 is 28.7 Å². The molecule has 1 aromatic heterocycles. The van der Waals surface area contributed by atoms with Crippen molar-refractivity contribution in [3.8, 4) is 11.5 Å². The highest BCUT2D eigenvalue weighted by molar-refractivity contribution is 5.77. The second-order valence-corrected chi connectivity index (χ2v) is 5.71. The maximum atomic E-state index is 11.2. The van der Waals surface area contributed by atoms with Crippen molar-refractivity contribution in [1.82, 2.24) is 0 Å². The van der Waals surface area contributed by atoms with E-state index in [9.17, 15) is 20.2 Å². The molecule has 3 rings (SSSR count). The van der Waals surface area contributed by atoms with Gasteiger partial charge in [-0.1, -0.05) is 0 Å². The molecule has 2 aromatic carbocycles. The lowest BCUT2D eigenvalue weighted by Gasteiger charge is -2.08. The fraction of sp³-hybridized carbons (Fsp3) is 0.167. The van der Waals surface area contributed by atoms with E-state index >= 15 is 0 Å². The van der Waals surface area contributed by atoms with Gasteiger partial charge in [0, 0.05) is 25.1 Å². The number of rotatable bonds is 5. The fourth-order valence-electron chi connectivity index (χ4n) is 2.86. The highest BCUT2D eigenvalue weighted by Gasteiger charge is 2.21. The quantitative estimate of drug-likeness (QED) is 0.235. The molecule has 27 heavy (non-hydrogen) atoms. The monoisotopic (exact) mass is 481 g/mol. The van der Waals surface area contributed by atoms with E-state index in [1.165, 1.54) is 12.1 Å². The normalized spacial score (nSPS) is 10.3. The van der Waals surface area contributed by atoms with Gasteiger partial charge in [-0.3, -0.25) is 20.2 Å². The number of benzene rings is 2. The van der Waals surface area contributed by atoms with Gasteiger partial charge in [-0.2, -0.15) is 4.57 Å². The SMILES string of the molecule is CC[n+]1c(C)ccc2cc(Oc3ccc([N+](=O)[O-])cc3[N+](=O)[O-])ccc21.[I-]. The number of nitrogens with zero attached hydrogens (tertiary/aromatic N) is 3. The molecule has 0 amide bonds. The van der Waals surface area contributed by atoms with Crippen LogP contribution >= 0.6 is 0 Å². The number of hydrogen-bond acceptors (Lipinski definition) is 5. The molecule has 0 N–H and O–H groups in total. The zero-order valence-electron chi connectivity index (χ0n) is 14.6. The van der Waals surface area contributed by atoms with Gasteiger partial charge in [0.2, 0.25) is 11.3 Å². The topological polar surface area (TPSA) is 99.4 Å². The molecular formula is C18H16IN3O5. The van der Waals surface area contributed by atoms with Crippen molar-refractivity contribution in [2.24, 2.45) is 0 Å². The van der Waals surface area contributed by atoms with Crippen molar-refractivity contribution in [2.45, 2.75) is 20.4 Å². The van der Waals surface area contributed by atoms with E-state index in [2.05, 4.69) is 11.5 Å². The van der Waals surface area contributed by atoms with Crippen LogP contribution in [0.3, 0.4) is 0 Å². The van der Waals surface area contributed by atoms with Gasteiger partial charge in [-0.05, 0) is 31.2 Å². The molecular weight excluding hydrogens is 465 g/mol. The van der Waals surface area contributed by atoms with Gasteiger partial charge >= 0.3 is 5.69 Å².